The number of likely N-dealkylation sites (N-methyl/N-ethyl adjacent to an activating group) is 1. The van der Waals surface area contributed by atoms with Crippen LogP contribution < -0.4 is 0 Å². The maximum atomic E-state index is 4.97. The number of rotatable bonds is 0. The van der Waals surface area contributed by atoms with Crippen molar-refractivity contribution in [1.29, 1.82) is 0 Å². The molecule has 0 aromatic carbocycles. The molecule has 0 aliphatic carbocycles. The molecule has 0 spiro atoms. The van der Waals surface area contributed by atoms with Crippen LogP contribution in [-0.4, -0.2) is 37.3 Å². The first kappa shape index (κ1) is 7.05. The zero-order chi connectivity index (χ0) is 7.40. The Hall–Kier alpha value is -1.06. The number of nitrogens with zero attached hydrogens (tertiary/aromatic N) is 3. The fraction of sp³-hybridized carbons (Fsp3) is 0.667. The molecule has 56 valence electrons. The van der Waals surface area contributed by atoms with Crippen molar-refractivity contribution in [3.63, 3.8) is 0 Å². The predicted octanol–water partition coefficient (Wildman–Crippen LogP) is 0.308. The largest absolute Gasteiger partial charge is 0.390 e. The minimum atomic E-state index is 0.132. The van der Waals surface area contributed by atoms with Crippen molar-refractivity contribution in [2.75, 3.05) is 13.6 Å². The molecule has 1 heterocycles. The molecule has 1 unspecified atom stereocenters. The Balaban J connectivity index is 2.52. The van der Waals surface area contributed by atoms with Crippen molar-refractivity contribution in [3.05, 3.63) is 0 Å². The molecule has 0 radical (unpaired) electrons. The van der Waals surface area contributed by atoms with Crippen LogP contribution in [0.3, 0.4) is 0 Å². The molecule has 10 heavy (non-hydrogen) atoms. The van der Waals surface area contributed by atoms with Crippen molar-refractivity contribution >= 4 is 12.7 Å². The Bertz CT molecular complexity index is 155. The van der Waals surface area contributed by atoms with E-state index < -0.39 is 0 Å². The van der Waals surface area contributed by atoms with Gasteiger partial charge in [-0.25, -0.2) is 4.99 Å². The van der Waals surface area contributed by atoms with Crippen molar-refractivity contribution < 1.29 is 4.84 Å². The first-order valence-electron chi connectivity index (χ1n) is 3.20. The number of oxime groups is 1. The molecule has 0 fully saturated rings. The van der Waals surface area contributed by atoms with Crippen LogP contribution in [0, 0.1) is 0 Å². The molecule has 1 rings (SSSR count). The average Bonchev–Trinajstić information content (AvgIpc) is 1.83. The summed E-state index contributed by atoms with van der Waals surface area (Å²) in [5, 5.41) is 3.60. The zero-order valence-electron chi connectivity index (χ0n) is 6.19. The Labute approximate surface area is 60.2 Å². The fourth-order valence-electron chi connectivity index (χ4n) is 0.788. The van der Waals surface area contributed by atoms with E-state index in [1.165, 1.54) is 6.34 Å². The van der Waals surface area contributed by atoms with Crippen molar-refractivity contribution in [2.24, 2.45) is 10.1 Å². The van der Waals surface area contributed by atoms with E-state index in [-0.39, 0.29) is 6.10 Å². The lowest BCUT2D eigenvalue weighted by Gasteiger charge is -2.17. The highest BCUT2D eigenvalue weighted by Gasteiger charge is 2.04. The molecule has 1 aliphatic rings. The van der Waals surface area contributed by atoms with Gasteiger partial charge in [-0.3, -0.25) is 0 Å². The summed E-state index contributed by atoms with van der Waals surface area (Å²) in [5.41, 5.74) is 0. The smallest absolute Gasteiger partial charge is 0.156 e. The maximum Gasteiger partial charge on any atom is 0.156 e. The lowest BCUT2D eigenvalue weighted by Crippen LogP contribution is -2.28. The molecule has 4 heteroatoms. The molecule has 0 N–H and O–H groups in total. The van der Waals surface area contributed by atoms with Crippen LogP contribution in [0.25, 0.3) is 0 Å². The van der Waals surface area contributed by atoms with Gasteiger partial charge in [-0.05, 0) is 6.92 Å². The van der Waals surface area contributed by atoms with Gasteiger partial charge in [0.05, 0.1) is 12.9 Å². The molecule has 0 aromatic heterocycles. The van der Waals surface area contributed by atoms with Gasteiger partial charge in [-0.15, -0.1) is 0 Å². The second-order valence-electron chi connectivity index (χ2n) is 2.34. The predicted molar refractivity (Wildman–Crippen MR) is 40.2 cm³/mol. The molecular formula is C6H11N3O. The fourth-order valence-corrected chi connectivity index (χ4v) is 0.788. The summed E-state index contributed by atoms with van der Waals surface area (Å²) in [5.74, 6) is 0. The Kier molecular flexibility index (Phi) is 2.25. The Morgan fingerprint density at radius 1 is 1.70 bits per heavy atom. The number of hydrogen-bond donors (Lipinski definition) is 0. The SMILES string of the molecule is CC1CN(C)C=NC=NO1. The zero-order valence-corrected chi connectivity index (χ0v) is 6.19. The normalized spacial score (nSPS) is 25.4. The van der Waals surface area contributed by atoms with E-state index in [0.717, 1.165) is 6.54 Å². The van der Waals surface area contributed by atoms with Crippen LogP contribution in [0.15, 0.2) is 10.1 Å². The lowest BCUT2D eigenvalue weighted by molar-refractivity contribution is 0.0604. The third-order valence-electron chi connectivity index (χ3n) is 1.16. The maximum absolute atomic E-state index is 4.97. The van der Waals surface area contributed by atoms with Gasteiger partial charge in [0.25, 0.3) is 0 Å². The summed E-state index contributed by atoms with van der Waals surface area (Å²) in [7, 11) is 1.95. The third-order valence-corrected chi connectivity index (χ3v) is 1.16. The van der Waals surface area contributed by atoms with E-state index in [4.69, 9.17) is 4.84 Å². The summed E-state index contributed by atoms with van der Waals surface area (Å²) >= 11 is 0. The highest BCUT2D eigenvalue weighted by atomic mass is 16.6. The first-order chi connectivity index (χ1) is 4.79. The van der Waals surface area contributed by atoms with Crippen LogP contribution in [-0.2, 0) is 4.84 Å². The minimum absolute atomic E-state index is 0.132. The van der Waals surface area contributed by atoms with E-state index in [1.54, 1.807) is 6.34 Å². The summed E-state index contributed by atoms with van der Waals surface area (Å²) in [6.07, 6.45) is 3.25. The van der Waals surface area contributed by atoms with Gasteiger partial charge in [0.15, 0.2) is 6.34 Å². The summed E-state index contributed by atoms with van der Waals surface area (Å²) in [6, 6.07) is 0. The van der Waals surface area contributed by atoms with Crippen LogP contribution >= 0.6 is 0 Å². The highest BCUT2D eigenvalue weighted by molar-refractivity contribution is 5.70. The van der Waals surface area contributed by atoms with Crippen LogP contribution in [0.5, 0.6) is 0 Å². The molecule has 4 nitrogen and oxygen atoms in total. The topological polar surface area (TPSA) is 37.2 Å². The summed E-state index contributed by atoms with van der Waals surface area (Å²) in [6.45, 7) is 2.79. The number of aliphatic imine (C=N–C) groups is 1. The van der Waals surface area contributed by atoms with E-state index in [0.29, 0.717) is 0 Å². The van der Waals surface area contributed by atoms with Crippen molar-refractivity contribution in [1.82, 2.24) is 4.90 Å². The van der Waals surface area contributed by atoms with Gasteiger partial charge in [0.1, 0.15) is 6.10 Å². The lowest BCUT2D eigenvalue weighted by atomic mass is 10.4. The molecular weight excluding hydrogens is 130 g/mol. The van der Waals surface area contributed by atoms with Gasteiger partial charge in [-0.2, -0.15) is 0 Å². The van der Waals surface area contributed by atoms with Crippen molar-refractivity contribution in [2.45, 2.75) is 13.0 Å². The second-order valence-corrected chi connectivity index (χ2v) is 2.34. The minimum Gasteiger partial charge on any atom is -0.390 e. The van der Waals surface area contributed by atoms with Gasteiger partial charge in [-0.1, -0.05) is 5.16 Å². The van der Waals surface area contributed by atoms with E-state index in [1.807, 2.05) is 18.9 Å². The van der Waals surface area contributed by atoms with Crippen LogP contribution in [0.4, 0.5) is 0 Å². The van der Waals surface area contributed by atoms with Gasteiger partial charge in [0.2, 0.25) is 0 Å². The highest BCUT2D eigenvalue weighted by Crippen LogP contribution is 1.94. The molecule has 1 atom stereocenters. The molecule has 0 saturated carbocycles. The molecule has 1 aliphatic heterocycles. The quantitative estimate of drug-likeness (QED) is 0.487. The first-order valence-corrected chi connectivity index (χ1v) is 3.20. The van der Waals surface area contributed by atoms with E-state index >= 15 is 0 Å². The van der Waals surface area contributed by atoms with Gasteiger partial charge < -0.3 is 9.74 Å². The Morgan fingerprint density at radius 3 is 3.30 bits per heavy atom. The average molecular weight is 141 g/mol. The van der Waals surface area contributed by atoms with E-state index in [2.05, 4.69) is 10.1 Å². The molecule has 0 amide bonds. The number of hydrogen-bond acceptors (Lipinski definition) is 4. The molecule has 0 bridgehead atoms. The van der Waals surface area contributed by atoms with E-state index in [9.17, 15) is 0 Å². The standard InChI is InChI=1S/C6H11N3O/c1-6-3-9(2)5-7-4-8-10-6/h4-6H,3H2,1-2H3. The van der Waals surface area contributed by atoms with Gasteiger partial charge in [0, 0.05) is 7.05 Å². The van der Waals surface area contributed by atoms with Crippen molar-refractivity contribution in [3.8, 4) is 0 Å². The molecule has 0 aromatic rings. The second kappa shape index (κ2) is 3.20. The third kappa shape index (κ3) is 2.05. The summed E-state index contributed by atoms with van der Waals surface area (Å²) in [4.78, 5) is 10.8. The van der Waals surface area contributed by atoms with Crippen LogP contribution in [0.1, 0.15) is 6.92 Å². The Morgan fingerprint density at radius 2 is 2.50 bits per heavy atom. The summed E-state index contributed by atoms with van der Waals surface area (Å²) < 4.78 is 0. The van der Waals surface area contributed by atoms with Gasteiger partial charge >= 0.3 is 0 Å². The van der Waals surface area contributed by atoms with Crippen LogP contribution in [0.2, 0.25) is 0 Å². The monoisotopic (exact) mass is 141 g/mol. The molecule has 0 saturated heterocycles.